The molecule has 1 aromatic heterocycles. The number of carbonyl (C=O) groups is 2. The van der Waals surface area contributed by atoms with E-state index in [4.69, 9.17) is 20.8 Å². The summed E-state index contributed by atoms with van der Waals surface area (Å²) < 4.78 is 37.0. The van der Waals surface area contributed by atoms with Crippen molar-refractivity contribution in [3.05, 3.63) is 75.1 Å². The molecule has 1 heterocycles. The van der Waals surface area contributed by atoms with Crippen molar-refractivity contribution >= 4 is 40.1 Å². The lowest BCUT2D eigenvalue weighted by molar-refractivity contribution is -0.123. The third-order valence-electron chi connectivity index (χ3n) is 3.73. The largest absolute Gasteiger partial charge is 0.449 e. The van der Waals surface area contributed by atoms with Gasteiger partial charge in [-0.05, 0) is 37.3 Å². The minimum Gasteiger partial charge on any atom is -0.449 e. The number of ether oxygens (including phenoxy) is 1. The zero-order chi connectivity index (χ0) is 20.4. The Kier molecular flexibility index (Phi) is 5.41. The molecule has 0 saturated carbocycles. The summed E-state index contributed by atoms with van der Waals surface area (Å²) >= 11 is 5.82. The molecule has 0 aliphatic rings. The second kappa shape index (κ2) is 7.77. The Morgan fingerprint density at radius 3 is 2.64 bits per heavy atom. The lowest BCUT2D eigenvalue weighted by Gasteiger charge is -2.13. The van der Waals surface area contributed by atoms with Crippen LogP contribution in [0.1, 0.15) is 17.5 Å². The fourth-order valence-electron chi connectivity index (χ4n) is 2.33. The van der Waals surface area contributed by atoms with Crippen molar-refractivity contribution in [2.24, 2.45) is 0 Å². The average molecular weight is 408 g/mol. The molecule has 0 radical (unpaired) electrons. The molecule has 28 heavy (non-hydrogen) atoms. The van der Waals surface area contributed by atoms with Crippen molar-refractivity contribution in [3.63, 3.8) is 0 Å². The summed E-state index contributed by atoms with van der Waals surface area (Å²) in [4.78, 5) is 36.4. The van der Waals surface area contributed by atoms with Crippen molar-refractivity contribution < 1.29 is 27.5 Å². The van der Waals surface area contributed by atoms with E-state index in [9.17, 15) is 23.2 Å². The fraction of sp³-hybridized carbons (Fsp3) is 0.105. The van der Waals surface area contributed by atoms with Crippen LogP contribution in [-0.4, -0.2) is 18.0 Å². The van der Waals surface area contributed by atoms with Gasteiger partial charge in [-0.25, -0.2) is 13.6 Å². The Morgan fingerprint density at radius 2 is 1.89 bits per heavy atom. The standard InChI is InChI=1S/C19H12ClF2NO5/c1-9(18(25)23-14-7-11(21)3-4-13(14)22)27-19(26)17-8-15(24)12-6-10(20)2-5-16(12)28-17/h2-9H,1H3,(H,23,25)/t9-/m1/s1. The maximum atomic E-state index is 13.6. The number of anilines is 1. The lowest BCUT2D eigenvalue weighted by Crippen LogP contribution is -2.30. The number of hydrogen-bond acceptors (Lipinski definition) is 5. The Morgan fingerprint density at radius 1 is 1.14 bits per heavy atom. The van der Waals surface area contributed by atoms with E-state index >= 15 is 0 Å². The number of hydrogen-bond donors (Lipinski definition) is 1. The number of esters is 1. The van der Waals surface area contributed by atoms with Gasteiger partial charge in [0.15, 0.2) is 11.5 Å². The number of rotatable bonds is 4. The minimum absolute atomic E-state index is 0.114. The smallest absolute Gasteiger partial charge is 0.375 e. The molecule has 0 bridgehead atoms. The minimum atomic E-state index is -1.37. The normalized spacial score (nSPS) is 11.9. The van der Waals surface area contributed by atoms with Gasteiger partial charge in [0.1, 0.15) is 17.2 Å². The van der Waals surface area contributed by atoms with Crippen LogP contribution in [0.5, 0.6) is 0 Å². The van der Waals surface area contributed by atoms with Gasteiger partial charge in [-0.2, -0.15) is 0 Å². The predicted octanol–water partition coefficient (Wildman–Crippen LogP) is 3.91. The van der Waals surface area contributed by atoms with Crippen molar-refractivity contribution in [2.45, 2.75) is 13.0 Å². The highest BCUT2D eigenvalue weighted by atomic mass is 35.5. The summed E-state index contributed by atoms with van der Waals surface area (Å²) in [5.74, 6) is -3.99. The van der Waals surface area contributed by atoms with Crippen LogP contribution in [-0.2, 0) is 9.53 Å². The first-order valence-electron chi connectivity index (χ1n) is 7.95. The molecule has 0 fully saturated rings. The molecule has 0 aliphatic heterocycles. The Balaban J connectivity index is 1.76. The molecule has 1 N–H and O–H groups in total. The van der Waals surface area contributed by atoms with Crippen LogP contribution in [0.25, 0.3) is 11.0 Å². The predicted molar refractivity (Wildman–Crippen MR) is 97.4 cm³/mol. The number of amides is 1. The van der Waals surface area contributed by atoms with Crippen LogP contribution < -0.4 is 10.7 Å². The molecule has 144 valence electrons. The van der Waals surface area contributed by atoms with Gasteiger partial charge in [-0.1, -0.05) is 11.6 Å². The number of nitrogens with one attached hydrogen (secondary N) is 1. The summed E-state index contributed by atoms with van der Waals surface area (Å²) in [6.45, 7) is 1.23. The van der Waals surface area contributed by atoms with Gasteiger partial charge in [-0.15, -0.1) is 0 Å². The summed E-state index contributed by atoms with van der Waals surface area (Å²) in [5, 5.41) is 2.62. The topological polar surface area (TPSA) is 85.6 Å². The van der Waals surface area contributed by atoms with Gasteiger partial charge in [0.05, 0.1) is 11.1 Å². The van der Waals surface area contributed by atoms with Crippen molar-refractivity contribution in [1.82, 2.24) is 0 Å². The molecule has 3 rings (SSSR count). The molecule has 3 aromatic rings. The summed E-state index contributed by atoms with van der Waals surface area (Å²) in [5.41, 5.74) is -0.806. The van der Waals surface area contributed by atoms with Gasteiger partial charge in [0.2, 0.25) is 5.76 Å². The molecule has 2 aromatic carbocycles. The number of benzene rings is 2. The SMILES string of the molecule is C[C@@H](OC(=O)c1cc(=O)c2cc(Cl)ccc2o1)C(=O)Nc1cc(F)ccc1F. The van der Waals surface area contributed by atoms with E-state index in [2.05, 4.69) is 5.32 Å². The van der Waals surface area contributed by atoms with E-state index in [1.165, 1.54) is 25.1 Å². The molecule has 1 amide bonds. The van der Waals surface area contributed by atoms with Gasteiger partial charge in [0.25, 0.3) is 5.91 Å². The quantitative estimate of drug-likeness (QED) is 0.663. The molecule has 0 unspecified atom stereocenters. The first kappa shape index (κ1) is 19.5. The second-order valence-corrected chi connectivity index (χ2v) is 6.21. The molecule has 1 atom stereocenters. The van der Waals surface area contributed by atoms with Crippen LogP contribution in [0.15, 0.2) is 51.7 Å². The van der Waals surface area contributed by atoms with Crippen LogP contribution in [0.3, 0.4) is 0 Å². The zero-order valence-electron chi connectivity index (χ0n) is 14.3. The molecule has 9 heteroatoms. The van der Waals surface area contributed by atoms with E-state index in [0.717, 1.165) is 24.3 Å². The van der Waals surface area contributed by atoms with E-state index in [1.807, 2.05) is 0 Å². The molecule has 0 spiro atoms. The number of carbonyl (C=O) groups excluding carboxylic acids is 2. The summed E-state index contributed by atoms with van der Waals surface area (Å²) in [6, 6.07) is 7.72. The van der Waals surface area contributed by atoms with Crippen molar-refractivity contribution in [1.29, 1.82) is 0 Å². The molecule has 0 aliphatic carbocycles. The van der Waals surface area contributed by atoms with Gasteiger partial charge < -0.3 is 14.5 Å². The van der Waals surface area contributed by atoms with Gasteiger partial charge in [-0.3, -0.25) is 9.59 Å². The Bertz CT molecular complexity index is 1140. The maximum absolute atomic E-state index is 13.6. The van der Waals surface area contributed by atoms with Crippen LogP contribution in [0.2, 0.25) is 5.02 Å². The maximum Gasteiger partial charge on any atom is 0.375 e. The highest BCUT2D eigenvalue weighted by Crippen LogP contribution is 2.19. The fourth-order valence-corrected chi connectivity index (χ4v) is 2.50. The summed E-state index contributed by atoms with van der Waals surface area (Å²) in [7, 11) is 0. The Hall–Kier alpha value is -3.26. The van der Waals surface area contributed by atoms with Crippen LogP contribution in [0, 0.1) is 11.6 Å². The van der Waals surface area contributed by atoms with Gasteiger partial charge in [0, 0.05) is 17.2 Å². The Labute approximate surface area is 161 Å². The van der Waals surface area contributed by atoms with Crippen LogP contribution >= 0.6 is 11.6 Å². The van der Waals surface area contributed by atoms with E-state index in [0.29, 0.717) is 5.02 Å². The number of halogens is 3. The van der Waals surface area contributed by atoms with Crippen LogP contribution in [0.4, 0.5) is 14.5 Å². The third-order valence-corrected chi connectivity index (χ3v) is 3.96. The molecular formula is C19H12ClF2NO5. The highest BCUT2D eigenvalue weighted by Gasteiger charge is 2.22. The third kappa shape index (κ3) is 4.17. The zero-order valence-corrected chi connectivity index (χ0v) is 15.0. The monoisotopic (exact) mass is 407 g/mol. The van der Waals surface area contributed by atoms with E-state index < -0.39 is 46.5 Å². The first-order chi connectivity index (χ1) is 13.2. The number of fused-ring (bicyclic) bond motifs is 1. The first-order valence-corrected chi connectivity index (χ1v) is 8.32. The second-order valence-electron chi connectivity index (χ2n) is 5.78. The van der Waals surface area contributed by atoms with Crippen molar-refractivity contribution in [2.75, 3.05) is 5.32 Å². The van der Waals surface area contributed by atoms with E-state index in [1.54, 1.807) is 0 Å². The molecular weight excluding hydrogens is 396 g/mol. The molecule has 0 saturated heterocycles. The van der Waals surface area contributed by atoms with E-state index in [-0.39, 0.29) is 11.0 Å². The lowest BCUT2D eigenvalue weighted by atomic mass is 10.2. The van der Waals surface area contributed by atoms with Crippen molar-refractivity contribution in [3.8, 4) is 0 Å². The highest BCUT2D eigenvalue weighted by molar-refractivity contribution is 6.31. The molecule has 6 nitrogen and oxygen atoms in total. The van der Waals surface area contributed by atoms with Gasteiger partial charge >= 0.3 is 5.97 Å². The summed E-state index contributed by atoms with van der Waals surface area (Å²) in [6.07, 6.45) is -1.37. The average Bonchev–Trinajstić information content (AvgIpc) is 2.65.